The Labute approximate surface area is 131 Å². The number of sulfonamides is 1. The zero-order chi connectivity index (χ0) is 17.5. The second-order valence-corrected chi connectivity index (χ2v) is 7.87. The summed E-state index contributed by atoms with van der Waals surface area (Å²) in [5.74, 6) is -1.68. The van der Waals surface area contributed by atoms with Gasteiger partial charge in [-0.3, -0.25) is 4.79 Å². The van der Waals surface area contributed by atoms with Gasteiger partial charge in [0.1, 0.15) is 0 Å². The molecule has 0 bridgehead atoms. The summed E-state index contributed by atoms with van der Waals surface area (Å²) in [6.07, 6.45) is -4.38. The number of rotatable bonds is 4. The van der Waals surface area contributed by atoms with Crippen molar-refractivity contribution < 1.29 is 31.5 Å². The second-order valence-electron chi connectivity index (χ2n) is 5.90. The Bertz CT molecular complexity index is 717. The van der Waals surface area contributed by atoms with E-state index in [4.69, 9.17) is 5.11 Å². The molecule has 1 aromatic rings. The Hall–Kier alpha value is -1.61. The van der Waals surface area contributed by atoms with E-state index in [0.29, 0.717) is 0 Å². The molecule has 9 heteroatoms. The Morgan fingerprint density at radius 3 is 2.57 bits per heavy atom. The van der Waals surface area contributed by atoms with Crippen LogP contribution < -0.4 is 0 Å². The van der Waals surface area contributed by atoms with Gasteiger partial charge in [0, 0.05) is 13.1 Å². The van der Waals surface area contributed by atoms with Crippen molar-refractivity contribution in [1.29, 1.82) is 0 Å². The van der Waals surface area contributed by atoms with Gasteiger partial charge in [-0.25, -0.2) is 12.7 Å². The van der Waals surface area contributed by atoms with Gasteiger partial charge in [-0.2, -0.15) is 13.2 Å². The SMILES string of the molecule is CC1(C(=O)O)CCN(S(=O)(=O)Cc2cccc(C(F)(F)F)c2)C1. The third-order valence-corrected chi connectivity index (χ3v) is 5.75. The summed E-state index contributed by atoms with van der Waals surface area (Å²) < 4.78 is 63.7. The van der Waals surface area contributed by atoms with Crippen molar-refractivity contribution in [2.24, 2.45) is 5.41 Å². The van der Waals surface area contributed by atoms with E-state index in [1.165, 1.54) is 13.0 Å². The van der Waals surface area contributed by atoms with Crippen LogP contribution >= 0.6 is 0 Å². The number of aliphatic carboxylic acids is 1. The van der Waals surface area contributed by atoms with Gasteiger partial charge in [0.15, 0.2) is 0 Å². The first-order valence-corrected chi connectivity index (χ1v) is 8.42. The maximum atomic E-state index is 12.7. The fourth-order valence-electron chi connectivity index (χ4n) is 2.47. The number of hydrogen-bond acceptors (Lipinski definition) is 3. The monoisotopic (exact) mass is 351 g/mol. The smallest absolute Gasteiger partial charge is 0.416 e. The minimum Gasteiger partial charge on any atom is -0.481 e. The highest BCUT2D eigenvalue weighted by Crippen LogP contribution is 2.33. The summed E-state index contributed by atoms with van der Waals surface area (Å²) in [7, 11) is -3.88. The predicted octanol–water partition coefficient (Wildman–Crippen LogP) is 2.33. The number of carboxylic acid groups (broad SMARTS) is 1. The summed E-state index contributed by atoms with van der Waals surface area (Å²) in [5.41, 5.74) is -2.06. The standard InChI is InChI=1S/C14H16F3NO4S/c1-13(12(19)20)5-6-18(9-13)23(21,22)8-10-3-2-4-11(7-10)14(15,16)17/h2-4,7H,5-6,8-9H2,1H3,(H,19,20). The van der Waals surface area contributed by atoms with Crippen LogP contribution in [0, 0.1) is 5.41 Å². The first-order chi connectivity index (χ1) is 10.4. The van der Waals surface area contributed by atoms with E-state index >= 15 is 0 Å². The first kappa shape index (κ1) is 17.7. The average Bonchev–Trinajstić information content (AvgIpc) is 2.83. The molecule has 0 spiro atoms. The number of benzene rings is 1. The number of alkyl halides is 3. The molecule has 1 N–H and O–H groups in total. The Morgan fingerprint density at radius 1 is 1.39 bits per heavy atom. The van der Waals surface area contributed by atoms with Crippen LogP contribution in [0.4, 0.5) is 13.2 Å². The molecule has 1 fully saturated rings. The summed E-state index contributed by atoms with van der Waals surface area (Å²) in [5, 5.41) is 9.13. The highest BCUT2D eigenvalue weighted by atomic mass is 32.2. The van der Waals surface area contributed by atoms with Crippen LogP contribution in [0.5, 0.6) is 0 Å². The molecular formula is C14H16F3NO4S. The van der Waals surface area contributed by atoms with E-state index in [9.17, 15) is 26.4 Å². The van der Waals surface area contributed by atoms with Crippen LogP contribution in [0.25, 0.3) is 0 Å². The van der Waals surface area contributed by atoms with Gasteiger partial charge in [0.2, 0.25) is 10.0 Å². The van der Waals surface area contributed by atoms with E-state index in [1.807, 2.05) is 0 Å². The topological polar surface area (TPSA) is 74.7 Å². The fraction of sp³-hybridized carbons (Fsp3) is 0.500. The Kier molecular flexibility index (Phi) is 4.46. The third-order valence-electron chi connectivity index (χ3n) is 3.95. The molecule has 1 unspecified atom stereocenters. The quantitative estimate of drug-likeness (QED) is 0.903. The van der Waals surface area contributed by atoms with Crippen LogP contribution in [0.2, 0.25) is 0 Å². The van der Waals surface area contributed by atoms with Crippen molar-refractivity contribution in [3.05, 3.63) is 35.4 Å². The minimum absolute atomic E-state index is 0.0174. The van der Waals surface area contributed by atoms with E-state index in [0.717, 1.165) is 22.5 Å². The van der Waals surface area contributed by atoms with E-state index in [1.54, 1.807) is 0 Å². The van der Waals surface area contributed by atoms with E-state index in [2.05, 4.69) is 0 Å². The number of halogens is 3. The van der Waals surface area contributed by atoms with Crippen LogP contribution in [0.1, 0.15) is 24.5 Å². The van der Waals surface area contributed by atoms with Gasteiger partial charge < -0.3 is 5.11 Å². The second kappa shape index (κ2) is 5.79. The van der Waals surface area contributed by atoms with Gasteiger partial charge >= 0.3 is 12.1 Å². The van der Waals surface area contributed by atoms with Crippen molar-refractivity contribution >= 4 is 16.0 Å². The molecular weight excluding hydrogens is 335 g/mol. The maximum absolute atomic E-state index is 12.7. The number of nitrogens with zero attached hydrogens (tertiary/aromatic N) is 1. The zero-order valence-electron chi connectivity index (χ0n) is 12.3. The Morgan fingerprint density at radius 2 is 2.04 bits per heavy atom. The summed E-state index contributed by atoms with van der Waals surface area (Å²) in [6.45, 7) is 1.32. The molecule has 23 heavy (non-hydrogen) atoms. The summed E-state index contributed by atoms with van der Waals surface area (Å²) in [4.78, 5) is 11.2. The van der Waals surface area contributed by atoms with Gasteiger partial charge in [-0.1, -0.05) is 18.2 Å². The maximum Gasteiger partial charge on any atom is 0.416 e. The molecule has 128 valence electrons. The molecule has 0 radical (unpaired) electrons. The lowest BCUT2D eigenvalue weighted by atomic mass is 9.90. The number of hydrogen-bond donors (Lipinski definition) is 1. The van der Waals surface area contributed by atoms with Crippen LogP contribution in [0.3, 0.4) is 0 Å². The lowest BCUT2D eigenvalue weighted by Crippen LogP contribution is -2.35. The van der Waals surface area contributed by atoms with E-state index in [-0.39, 0.29) is 25.1 Å². The molecule has 0 aliphatic carbocycles. The third kappa shape index (κ3) is 3.84. The lowest BCUT2D eigenvalue weighted by Gasteiger charge is -2.20. The van der Waals surface area contributed by atoms with Crippen LogP contribution in [0.15, 0.2) is 24.3 Å². The first-order valence-electron chi connectivity index (χ1n) is 6.81. The van der Waals surface area contributed by atoms with Crippen molar-refractivity contribution in [2.75, 3.05) is 13.1 Å². The molecule has 0 saturated carbocycles. The normalized spacial score (nSPS) is 23.1. The molecule has 0 amide bonds. The largest absolute Gasteiger partial charge is 0.481 e. The molecule has 2 rings (SSSR count). The number of carboxylic acids is 1. The molecule has 5 nitrogen and oxygen atoms in total. The van der Waals surface area contributed by atoms with E-state index < -0.39 is 38.9 Å². The van der Waals surface area contributed by atoms with Crippen molar-refractivity contribution in [3.8, 4) is 0 Å². The van der Waals surface area contributed by atoms with Gasteiger partial charge in [0.05, 0.1) is 16.7 Å². The molecule has 1 saturated heterocycles. The minimum atomic E-state index is -4.55. The lowest BCUT2D eigenvalue weighted by molar-refractivity contribution is -0.147. The molecule has 1 aliphatic heterocycles. The molecule has 1 aliphatic rings. The van der Waals surface area contributed by atoms with Gasteiger partial charge in [0.25, 0.3) is 0 Å². The predicted molar refractivity (Wildman–Crippen MR) is 76.0 cm³/mol. The zero-order valence-corrected chi connectivity index (χ0v) is 13.1. The summed E-state index contributed by atoms with van der Waals surface area (Å²) >= 11 is 0. The molecule has 1 heterocycles. The Balaban J connectivity index is 2.19. The molecule has 0 aromatic heterocycles. The summed E-state index contributed by atoms with van der Waals surface area (Å²) in [6, 6.07) is 4.12. The van der Waals surface area contributed by atoms with Gasteiger partial charge in [-0.05, 0) is 25.0 Å². The molecule has 1 aromatic carbocycles. The van der Waals surface area contributed by atoms with Crippen molar-refractivity contribution in [1.82, 2.24) is 4.31 Å². The van der Waals surface area contributed by atoms with Gasteiger partial charge in [-0.15, -0.1) is 0 Å². The van der Waals surface area contributed by atoms with Crippen molar-refractivity contribution in [2.45, 2.75) is 25.3 Å². The fourth-order valence-corrected chi connectivity index (χ4v) is 4.10. The number of carbonyl (C=O) groups is 1. The average molecular weight is 351 g/mol. The van der Waals surface area contributed by atoms with Crippen LogP contribution in [-0.2, 0) is 26.7 Å². The van der Waals surface area contributed by atoms with Crippen molar-refractivity contribution in [3.63, 3.8) is 0 Å². The van der Waals surface area contributed by atoms with Crippen LogP contribution in [-0.4, -0.2) is 36.9 Å². The molecule has 1 atom stereocenters. The highest BCUT2D eigenvalue weighted by Gasteiger charge is 2.44. The highest BCUT2D eigenvalue weighted by molar-refractivity contribution is 7.88.